The summed E-state index contributed by atoms with van der Waals surface area (Å²) in [5, 5.41) is 7.59. The molecule has 1 aromatic carbocycles. The Morgan fingerprint density at radius 3 is 2.56 bits per heavy atom. The van der Waals surface area contributed by atoms with Gasteiger partial charge in [-0.15, -0.1) is 0 Å². The van der Waals surface area contributed by atoms with E-state index < -0.39 is 0 Å². The molecule has 5 nitrogen and oxygen atoms in total. The fraction of sp³-hybridized carbons (Fsp3) is 0.308. The van der Waals surface area contributed by atoms with Gasteiger partial charge in [-0.25, -0.2) is 0 Å². The fourth-order valence-corrected chi connectivity index (χ4v) is 1.70. The minimum absolute atomic E-state index is 0.677. The van der Waals surface area contributed by atoms with Crippen LogP contribution >= 0.6 is 0 Å². The van der Waals surface area contributed by atoms with Gasteiger partial charge in [0.2, 0.25) is 0 Å². The smallest absolute Gasteiger partial charge is 0.162 e. The number of rotatable bonds is 5. The van der Waals surface area contributed by atoms with Gasteiger partial charge in [-0.1, -0.05) is 0 Å². The average Bonchev–Trinajstić information content (AvgIpc) is 2.81. The summed E-state index contributed by atoms with van der Waals surface area (Å²) in [6.45, 7) is 0.677. The maximum Gasteiger partial charge on any atom is 0.162 e. The summed E-state index contributed by atoms with van der Waals surface area (Å²) in [6.07, 6.45) is 1.92. The van der Waals surface area contributed by atoms with Crippen molar-refractivity contribution in [3.8, 4) is 11.5 Å². The van der Waals surface area contributed by atoms with Crippen LogP contribution in [0.15, 0.2) is 30.5 Å². The van der Waals surface area contributed by atoms with Crippen LogP contribution in [-0.4, -0.2) is 24.0 Å². The van der Waals surface area contributed by atoms with E-state index >= 15 is 0 Å². The number of nitrogens with one attached hydrogen (secondary N) is 1. The number of aryl methyl sites for hydroxylation is 1. The fourth-order valence-electron chi connectivity index (χ4n) is 1.70. The molecule has 0 spiro atoms. The lowest BCUT2D eigenvalue weighted by molar-refractivity contribution is 0.355. The van der Waals surface area contributed by atoms with Crippen LogP contribution in [0, 0.1) is 0 Å². The summed E-state index contributed by atoms with van der Waals surface area (Å²) in [5.41, 5.74) is 1.96. The highest BCUT2D eigenvalue weighted by Crippen LogP contribution is 2.29. The number of methoxy groups -OCH3 is 2. The molecule has 96 valence electrons. The molecule has 5 heteroatoms. The molecule has 0 aliphatic carbocycles. The third-order valence-corrected chi connectivity index (χ3v) is 2.63. The number of nitrogens with zero attached hydrogens (tertiary/aromatic N) is 2. The molecule has 0 atom stereocenters. The monoisotopic (exact) mass is 247 g/mol. The summed E-state index contributed by atoms with van der Waals surface area (Å²) >= 11 is 0. The lowest BCUT2D eigenvalue weighted by Gasteiger charge is -2.10. The summed E-state index contributed by atoms with van der Waals surface area (Å²) < 4.78 is 12.2. The molecule has 0 unspecified atom stereocenters. The Kier molecular flexibility index (Phi) is 3.72. The van der Waals surface area contributed by atoms with E-state index in [1.807, 2.05) is 37.5 Å². The Morgan fingerprint density at radius 2 is 1.94 bits per heavy atom. The summed E-state index contributed by atoms with van der Waals surface area (Å²) in [5.74, 6) is 1.43. The van der Waals surface area contributed by atoms with Crippen LogP contribution in [0.25, 0.3) is 0 Å². The van der Waals surface area contributed by atoms with E-state index in [9.17, 15) is 0 Å². The molecule has 18 heavy (non-hydrogen) atoms. The van der Waals surface area contributed by atoms with Crippen LogP contribution < -0.4 is 14.8 Å². The molecule has 0 bridgehead atoms. The zero-order valence-electron chi connectivity index (χ0n) is 10.8. The Balaban J connectivity index is 2.05. The van der Waals surface area contributed by atoms with Crippen molar-refractivity contribution >= 4 is 5.69 Å². The molecule has 1 N–H and O–H groups in total. The van der Waals surface area contributed by atoms with Crippen molar-refractivity contribution in [1.29, 1.82) is 0 Å². The summed E-state index contributed by atoms with van der Waals surface area (Å²) in [6, 6.07) is 7.71. The van der Waals surface area contributed by atoms with E-state index in [0.717, 1.165) is 17.1 Å². The molecule has 0 saturated carbocycles. The van der Waals surface area contributed by atoms with Crippen molar-refractivity contribution in [2.75, 3.05) is 19.5 Å². The molecule has 0 radical (unpaired) electrons. The highest BCUT2D eigenvalue weighted by molar-refractivity contribution is 5.54. The maximum atomic E-state index is 5.25. The molecule has 0 fully saturated rings. The first kappa shape index (κ1) is 12.3. The Labute approximate surface area is 106 Å². The second kappa shape index (κ2) is 5.44. The van der Waals surface area contributed by atoms with E-state index in [1.54, 1.807) is 18.9 Å². The molecule has 1 heterocycles. The quantitative estimate of drug-likeness (QED) is 0.878. The molecule has 2 rings (SSSR count). The zero-order chi connectivity index (χ0) is 13.0. The van der Waals surface area contributed by atoms with Crippen molar-refractivity contribution in [2.24, 2.45) is 7.05 Å². The highest BCUT2D eigenvalue weighted by atomic mass is 16.5. The SMILES string of the molecule is COc1ccc(NCc2ccn(C)n2)cc1OC. The van der Waals surface area contributed by atoms with Gasteiger partial charge in [0.25, 0.3) is 0 Å². The molecule has 0 amide bonds. The van der Waals surface area contributed by atoms with Gasteiger partial charge in [0.05, 0.1) is 26.5 Å². The number of ether oxygens (including phenoxy) is 2. The number of anilines is 1. The number of aromatic nitrogens is 2. The van der Waals surface area contributed by atoms with Gasteiger partial charge in [-0.2, -0.15) is 5.10 Å². The minimum atomic E-state index is 0.677. The molecule has 0 saturated heterocycles. The van der Waals surface area contributed by atoms with Crippen LogP contribution in [0.3, 0.4) is 0 Å². The average molecular weight is 247 g/mol. The lowest BCUT2D eigenvalue weighted by Crippen LogP contribution is -2.01. The zero-order valence-corrected chi connectivity index (χ0v) is 10.8. The van der Waals surface area contributed by atoms with E-state index in [1.165, 1.54) is 0 Å². The van der Waals surface area contributed by atoms with Crippen molar-refractivity contribution in [3.63, 3.8) is 0 Å². The first-order valence-electron chi connectivity index (χ1n) is 5.67. The van der Waals surface area contributed by atoms with Crippen molar-refractivity contribution in [3.05, 3.63) is 36.2 Å². The maximum absolute atomic E-state index is 5.25. The second-order valence-corrected chi connectivity index (χ2v) is 3.90. The first-order valence-corrected chi connectivity index (χ1v) is 5.67. The van der Waals surface area contributed by atoms with Gasteiger partial charge in [0.15, 0.2) is 11.5 Å². The van der Waals surface area contributed by atoms with Gasteiger partial charge >= 0.3 is 0 Å². The standard InChI is InChI=1S/C13H17N3O2/c1-16-7-6-11(15-16)9-14-10-4-5-12(17-2)13(8-10)18-3/h4-8,14H,9H2,1-3H3. The largest absolute Gasteiger partial charge is 0.493 e. The molecule has 1 aromatic heterocycles. The van der Waals surface area contributed by atoms with Gasteiger partial charge < -0.3 is 14.8 Å². The van der Waals surface area contributed by atoms with Gasteiger partial charge in [-0.3, -0.25) is 4.68 Å². The molecule has 0 aliphatic rings. The van der Waals surface area contributed by atoms with Crippen molar-refractivity contribution in [2.45, 2.75) is 6.54 Å². The van der Waals surface area contributed by atoms with Crippen LogP contribution in [-0.2, 0) is 13.6 Å². The lowest BCUT2D eigenvalue weighted by atomic mass is 10.2. The van der Waals surface area contributed by atoms with E-state index in [0.29, 0.717) is 12.3 Å². The molecule has 0 aliphatic heterocycles. The van der Waals surface area contributed by atoms with Crippen LogP contribution in [0.2, 0.25) is 0 Å². The van der Waals surface area contributed by atoms with Crippen LogP contribution in [0.1, 0.15) is 5.69 Å². The Morgan fingerprint density at radius 1 is 1.17 bits per heavy atom. The predicted octanol–water partition coefficient (Wildman–Crippen LogP) is 2.05. The number of hydrogen-bond acceptors (Lipinski definition) is 4. The van der Waals surface area contributed by atoms with Crippen molar-refractivity contribution < 1.29 is 9.47 Å². The minimum Gasteiger partial charge on any atom is -0.493 e. The molecule has 2 aromatic rings. The normalized spacial score (nSPS) is 10.2. The Hall–Kier alpha value is -2.17. The van der Waals surface area contributed by atoms with Crippen LogP contribution in [0.4, 0.5) is 5.69 Å². The predicted molar refractivity (Wildman–Crippen MR) is 70.1 cm³/mol. The van der Waals surface area contributed by atoms with E-state index in [4.69, 9.17) is 9.47 Å². The van der Waals surface area contributed by atoms with E-state index in [-0.39, 0.29) is 0 Å². The summed E-state index contributed by atoms with van der Waals surface area (Å²) in [7, 11) is 5.15. The topological polar surface area (TPSA) is 48.3 Å². The Bertz CT molecular complexity index is 523. The summed E-state index contributed by atoms with van der Waals surface area (Å²) in [4.78, 5) is 0. The highest BCUT2D eigenvalue weighted by Gasteiger charge is 2.04. The number of benzene rings is 1. The van der Waals surface area contributed by atoms with E-state index in [2.05, 4.69) is 10.4 Å². The van der Waals surface area contributed by atoms with Crippen molar-refractivity contribution in [1.82, 2.24) is 9.78 Å². The third-order valence-electron chi connectivity index (χ3n) is 2.63. The first-order chi connectivity index (χ1) is 8.72. The second-order valence-electron chi connectivity index (χ2n) is 3.90. The van der Waals surface area contributed by atoms with Gasteiger partial charge in [0.1, 0.15) is 0 Å². The molecular formula is C13H17N3O2. The molecular weight excluding hydrogens is 230 g/mol. The number of hydrogen-bond donors (Lipinski definition) is 1. The van der Waals surface area contributed by atoms with Gasteiger partial charge in [-0.05, 0) is 18.2 Å². The van der Waals surface area contributed by atoms with Crippen LogP contribution in [0.5, 0.6) is 11.5 Å². The van der Waals surface area contributed by atoms with Gasteiger partial charge in [0, 0.05) is 25.0 Å². The third kappa shape index (κ3) is 2.74.